The van der Waals surface area contributed by atoms with Crippen LogP contribution >= 0.6 is 0 Å². The maximum Gasteiger partial charge on any atom is 0.281 e. The molecule has 42 heavy (non-hydrogen) atoms. The second-order valence-corrected chi connectivity index (χ2v) is 14.3. The first-order valence-corrected chi connectivity index (χ1v) is 15.5. The van der Waals surface area contributed by atoms with E-state index in [9.17, 15) is 18.0 Å². The highest BCUT2D eigenvalue weighted by Crippen LogP contribution is 2.41. The number of sulfonamides is 1. The predicted octanol–water partition coefficient (Wildman–Crippen LogP) is 3.94. The monoisotopic (exact) mass is 591 g/mol. The van der Waals surface area contributed by atoms with E-state index in [4.69, 9.17) is 10.7 Å². The first-order chi connectivity index (χ1) is 19.6. The number of nitrogens with one attached hydrogen (secondary N) is 2. The maximum absolute atomic E-state index is 13.6. The minimum atomic E-state index is -4.33. The molecule has 2 atom stereocenters. The predicted molar refractivity (Wildman–Crippen MR) is 160 cm³/mol. The number of anilines is 2. The van der Waals surface area contributed by atoms with Crippen LogP contribution < -0.4 is 20.7 Å². The number of nitrogens with two attached hydrogens (primary N) is 1. The highest BCUT2D eigenvalue weighted by molar-refractivity contribution is 7.90. The van der Waals surface area contributed by atoms with Crippen LogP contribution in [0.25, 0.3) is 0 Å². The average Bonchev–Trinajstić information content (AvgIpc) is 3.23. The molecule has 0 spiro atoms. The number of rotatable bonds is 2. The summed E-state index contributed by atoms with van der Waals surface area (Å²) in [5, 5.41) is 3.00. The Balaban J connectivity index is 1.63. The molecule has 0 saturated carbocycles. The second kappa shape index (κ2) is 10.6. The molecular formula is C30H37N7O4S. The lowest BCUT2D eigenvalue weighted by Gasteiger charge is -2.34. The molecule has 2 aliphatic heterocycles. The zero-order valence-corrected chi connectivity index (χ0v) is 25.3. The molecule has 1 fully saturated rings. The molecule has 3 aromatic rings. The summed E-state index contributed by atoms with van der Waals surface area (Å²) >= 11 is 0. The molecule has 11 nitrogen and oxygen atoms in total. The Morgan fingerprint density at radius 2 is 1.86 bits per heavy atom. The lowest BCUT2D eigenvalue weighted by molar-refractivity contribution is 0.0978. The number of carbonyl (C=O) groups is 2. The summed E-state index contributed by atoms with van der Waals surface area (Å²) in [6.07, 6.45) is 3.79. The molecule has 2 aliphatic rings. The van der Waals surface area contributed by atoms with Crippen LogP contribution in [-0.2, 0) is 15.4 Å². The van der Waals surface area contributed by atoms with Gasteiger partial charge in [-0.25, -0.2) is 14.7 Å². The van der Waals surface area contributed by atoms with Crippen molar-refractivity contribution >= 4 is 33.5 Å². The second-order valence-electron chi connectivity index (χ2n) is 12.7. The van der Waals surface area contributed by atoms with Crippen LogP contribution in [0.2, 0.25) is 0 Å². The van der Waals surface area contributed by atoms with Gasteiger partial charge in [-0.2, -0.15) is 8.42 Å². The fourth-order valence-electron chi connectivity index (χ4n) is 5.74. The molecular weight excluding hydrogens is 554 g/mol. The number of pyridine rings is 3. The Hall–Kier alpha value is -4.06. The van der Waals surface area contributed by atoms with Gasteiger partial charge in [0.15, 0.2) is 5.03 Å². The van der Waals surface area contributed by atoms with Gasteiger partial charge in [0.25, 0.3) is 15.9 Å². The van der Waals surface area contributed by atoms with Gasteiger partial charge in [-0.15, -0.1) is 0 Å². The number of carbonyl (C=O) groups excluding carboxylic acids is 2. The summed E-state index contributed by atoms with van der Waals surface area (Å²) in [7, 11) is -4.33. The van der Waals surface area contributed by atoms with Crippen molar-refractivity contribution in [1.82, 2.24) is 19.7 Å². The molecule has 0 aromatic carbocycles. The van der Waals surface area contributed by atoms with Crippen molar-refractivity contribution in [2.24, 2.45) is 11.7 Å². The third kappa shape index (κ3) is 5.94. The number of primary amides is 1. The first kappa shape index (κ1) is 29.4. The van der Waals surface area contributed by atoms with E-state index in [0.29, 0.717) is 35.9 Å². The highest BCUT2D eigenvalue weighted by atomic mass is 32.2. The molecule has 222 valence electrons. The number of aromatic nitrogens is 3. The van der Waals surface area contributed by atoms with Gasteiger partial charge in [0.05, 0.1) is 17.3 Å². The van der Waals surface area contributed by atoms with Gasteiger partial charge in [0.1, 0.15) is 11.6 Å². The molecule has 4 N–H and O–H groups in total. The van der Waals surface area contributed by atoms with Crippen LogP contribution in [0.4, 0.5) is 11.6 Å². The highest BCUT2D eigenvalue weighted by Gasteiger charge is 2.41. The van der Waals surface area contributed by atoms with E-state index in [1.807, 2.05) is 20.8 Å². The number of nitrogens with zero attached hydrogens (tertiary/aromatic N) is 4. The number of fused-ring (bicyclic) bond motifs is 6. The Morgan fingerprint density at radius 1 is 1.10 bits per heavy atom. The van der Waals surface area contributed by atoms with Gasteiger partial charge >= 0.3 is 0 Å². The topological polar surface area (TPSA) is 160 Å². The van der Waals surface area contributed by atoms with E-state index in [1.165, 1.54) is 12.3 Å². The van der Waals surface area contributed by atoms with Crippen molar-refractivity contribution in [1.29, 1.82) is 0 Å². The van der Waals surface area contributed by atoms with Crippen molar-refractivity contribution in [3.8, 4) is 0 Å². The molecule has 5 heterocycles. The van der Waals surface area contributed by atoms with Gasteiger partial charge in [-0.3, -0.25) is 14.6 Å². The lowest BCUT2D eigenvalue weighted by Crippen LogP contribution is -2.41. The average molecular weight is 592 g/mol. The van der Waals surface area contributed by atoms with Gasteiger partial charge < -0.3 is 16.0 Å². The molecule has 12 heteroatoms. The summed E-state index contributed by atoms with van der Waals surface area (Å²) in [6.45, 7) is 11.0. The summed E-state index contributed by atoms with van der Waals surface area (Å²) < 4.78 is 29.0. The smallest absolute Gasteiger partial charge is 0.281 e. The molecule has 4 bridgehead atoms. The van der Waals surface area contributed by atoms with Gasteiger partial charge in [0.2, 0.25) is 5.91 Å². The largest absolute Gasteiger partial charge is 0.366 e. The number of hydrogen-bond acceptors (Lipinski definition) is 9. The van der Waals surface area contributed by atoms with Crippen LogP contribution in [0, 0.1) is 5.92 Å². The third-order valence-electron chi connectivity index (χ3n) is 7.94. The Morgan fingerprint density at radius 3 is 2.57 bits per heavy atom. The van der Waals surface area contributed by atoms with E-state index in [-0.39, 0.29) is 33.5 Å². The summed E-state index contributed by atoms with van der Waals surface area (Å²) in [4.78, 5) is 41.4. The molecule has 1 saturated heterocycles. The van der Waals surface area contributed by atoms with Crippen molar-refractivity contribution in [3.05, 3.63) is 71.2 Å². The van der Waals surface area contributed by atoms with Gasteiger partial charge in [0, 0.05) is 35.0 Å². The van der Waals surface area contributed by atoms with Crippen LogP contribution in [0.5, 0.6) is 0 Å². The molecule has 0 radical (unpaired) electrons. The number of hydrogen-bond donors (Lipinski definition) is 3. The standard InChI is InChI=1S/C30H37N7O4S/c1-29(2,3)23-12-10-20-27(34-23)37-17-18(16-30(37,4)5)9-11-21(22-15-19(26(31)38)13-14-32-22)33-24-7-6-8-25(35-24)42(40,41)36-28(20)39/h6-8,10,12-15,18,21H,9,11,16-17H2,1-5H3,(H2,31,38)(H,33,35)(H,36,39)/t18-,21?/m0/s1. The van der Waals surface area contributed by atoms with E-state index in [0.717, 1.165) is 18.5 Å². The summed E-state index contributed by atoms with van der Waals surface area (Å²) in [6, 6.07) is 10.8. The van der Waals surface area contributed by atoms with Crippen molar-refractivity contribution in [3.63, 3.8) is 0 Å². The molecule has 3 aromatic heterocycles. The van der Waals surface area contributed by atoms with Gasteiger partial charge in [-0.1, -0.05) is 26.8 Å². The van der Waals surface area contributed by atoms with E-state index >= 15 is 0 Å². The zero-order valence-electron chi connectivity index (χ0n) is 24.5. The van der Waals surface area contributed by atoms with Crippen LogP contribution in [0.15, 0.2) is 53.7 Å². The Labute approximate surface area is 246 Å². The van der Waals surface area contributed by atoms with E-state index in [1.54, 1.807) is 36.4 Å². The maximum atomic E-state index is 13.6. The van der Waals surface area contributed by atoms with Gasteiger partial charge in [-0.05, 0) is 75.4 Å². The molecule has 2 amide bonds. The molecule has 0 aliphatic carbocycles. The van der Waals surface area contributed by atoms with Crippen molar-refractivity contribution in [2.75, 3.05) is 16.8 Å². The minimum absolute atomic E-state index is 0.190. The number of amides is 2. The summed E-state index contributed by atoms with van der Waals surface area (Å²) in [5.41, 5.74) is 6.81. The fraction of sp³-hybridized carbons (Fsp3) is 0.433. The van der Waals surface area contributed by atoms with Crippen molar-refractivity contribution < 1.29 is 18.0 Å². The Kier molecular flexibility index (Phi) is 7.46. The SMILES string of the molecule is CC(C)(C)c1ccc2c(n1)N1C[C@@H](CCC(c3cc(C(N)=O)ccn3)Nc3cccc(n3)S(=O)(=O)NC2=O)CC1(C)C. The Bertz CT molecular complexity index is 1650. The quantitative estimate of drug-likeness (QED) is 0.401. The van der Waals surface area contributed by atoms with Crippen LogP contribution in [0.1, 0.15) is 92.0 Å². The van der Waals surface area contributed by atoms with Crippen LogP contribution in [0.3, 0.4) is 0 Å². The summed E-state index contributed by atoms with van der Waals surface area (Å²) in [5.74, 6) is -0.330. The van der Waals surface area contributed by atoms with E-state index < -0.39 is 21.8 Å². The van der Waals surface area contributed by atoms with Crippen LogP contribution in [-0.4, -0.2) is 47.3 Å². The van der Waals surface area contributed by atoms with Crippen molar-refractivity contribution in [2.45, 2.75) is 75.9 Å². The van der Waals surface area contributed by atoms with E-state index in [2.05, 4.69) is 38.8 Å². The zero-order chi connectivity index (χ0) is 30.4. The fourth-order valence-corrected chi connectivity index (χ4v) is 6.68. The molecule has 1 unspecified atom stereocenters. The minimum Gasteiger partial charge on any atom is -0.366 e. The first-order valence-electron chi connectivity index (χ1n) is 14.0. The molecule has 5 rings (SSSR count). The third-order valence-corrected chi connectivity index (χ3v) is 9.17. The normalized spacial score (nSPS) is 21.7. The lowest BCUT2D eigenvalue weighted by atomic mass is 9.90.